The molecule has 190 valence electrons. The molecule has 1 N–H and O–H groups in total. The maximum atomic E-state index is 13.3. The van der Waals surface area contributed by atoms with Crippen molar-refractivity contribution >= 4 is 39.7 Å². The molecule has 0 unspecified atom stereocenters. The first-order chi connectivity index (χ1) is 17.8. The third kappa shape index (κ3) is 5.20. The Kier molecular flexibility index (Phi) is 6.92. The summed E-state index contributed by atoms with van der Waals surface area (Å²) in [6.07, 6.45) is 7.70. The topological polar surface area (TPSA) is 67.3 Å². The summed E-state index contributed by atoms with van der Waals surface area (Å²) in [5, 5.41) is 5.76. The van der Waals surface area contributed by atoms with Gasteiger partial charge in [0.2, 0.25) is 0 Å². The standard InChI is InChI=1S/C25H22ClN3O2S.C4H7N/c1-14-6-7-17(31-3)13-19(14)24(30)29-25(8-9-25)20-11-16(22-23(26)28-15(2)32-22)12-21-18(20)5-4-10-27-21;1-5-3-2-4-5/h4-7,10-13H,8-9H2,1-3H3,(H,29,30);2-3H,4H2,1H3. The number of carbonyl (C=O) groups excluding carboxylic acids is 1. The number of halogens is 1. The zero-order valence-corrected chi connectivity index (χ0v) is 22.9. The van der Waals surface area contributed by atoms with E-state index in [2.05, 4.69) is 51.6 Å². The maximum absolute atomic E-state index is 13.3. The van der Waals surface area contributed by atoms with Gasteiger partial charge in [-0.25, -0.2) is 4.98 Å². The summed E-state index contributed by atoms with van der Waals surface area (Å²) in [5.74, 6) is 0.561. The monoisotopic (exact) mass is 532 g/mol. The molecule has 0 radical (unpaired) electrons. The minimum atomic E-state index is -0.434. The number of benzene rings is 2. The molecule has 0 atom stereocenters. The minimum absolute atomic E-state index is 0.104. The number of hydrogen-bond donors (Lipinski definition) is 1. The van der Waals surface area contributed by atoms with Gasteiger partial charge in [0, 0.05) is 30.7 Å². The largest absolute Gasteiger partial charge is 0.497 e. The Morgan fingerprint density at radius 3 is 2.54 bits per heavy atom. The molecule has 6 rings (SSSR count). The van der Waals surface area contributed by atoms with Crippen molar-refractivity contribution < 1.29 is 9.53 Å². The second kappa shape index (κ2) is 10.1. The summed E-state index contributed by atoms with van der Waals surface area (Å²) in [4.78, 5) is 25.3. The van der Waals surface area contributed by atoms with E-state index in [-0.39, 0.29) is 5.91 Å². The van der Waals surface area contributed by atoms with Crippen molar-refractivity contribution in [3.63, 3.8) is 0 Å². The zero-order chi connectivity index (χ0) is 26.2. The number of hydrogen-bond acceptors (Lipinski definition) is 6. The highest BCUT2D eigenvalue weighted by atomic mass is 35.5. The van der Waals surface area contributed by atoms with E-state index >= 15 is 0 Å². The lowest BCUT2D eigenvalue weighted by molar-refractivity contribution is 0.0930. The molecule has 1 amide bonds. The molecular weight excluding hydrogens is 504 g/mol. The summed E-state index contributed by atoms with van der Waals surface area (Å²) < 4.78 is 5.32. The molecule has 8 heteroatoms. The Balaban J connectivity index is 0.000000503. The van der Waals surface area contributed by atoms with Gasteiger partial charge in [0.05, 0.1) is 28.1 Å². The van der Waals surface area contributed by atoms with Crippen LogP contribution in [0.4, 0.5) is 0 Å². The molecule has 3 heterocycles. The van der Waals surface area contributed by atoms with E-state index in [1.807, 2.05) is 38.1 Å². The molecule has 1 saturated carbocycles. The SMILES string of the molecule is CN1C=CC1.COc1ccc(C)c(C(=O)NC2(c3cc(-c4sc(C)nc4Cl)cc4ncccc34)CC2)c1. The number of fused-ring (bicyclic) bond motifs is 1. The van der Waals surface area contributed by atoms with Gasteiger partial charge in [-0.05, 0) is 86.0 Å². The Hall–Kier alpha value is -3.42. The highest BCUT2D eigenvalue weighted by Gasteiger charge is 2.47. The van der Waals surface area contributed by atoms with Crippen LogP contribution in [0.2, 0.25) is 5.15 Å². The van der Waals surface area contributed by atoms with E-state index in [0.717, 1.165) is 56.9 Å². The summed E-state index contributed by atoms with van der Waals surface area (Å²) in [7, 11) is 3.66. The molecule has 4 aromatic rings. The summed E-state index contributed by atoms with van der Waals surface area (Å²) in [6, 6.07) is 13.7. The van der Waals surface area contributed by atoms with Crippen molar-refractivity contribution in [1.82, 2.24) is 20.2 Å². The first kappa shape index (κ1) is 25.2. The van der Waals surface area contributed by atoms with Crippen LogP contribution in [0.3, 0.4) is 0 Å². The highest BCUT2D eigenvalue weighted by molar-refractivity contribution is 7.15. The average Bonchev–Trinajstić information content (AvgIpc) is 3.57. The second-order valence-corrected chi connectivity index (χ2v) is 11.0. The van der Waals surface area contributed by atoms with Crippen LogP contribution in [-0.2, 0) is 5.54 Å². The van der Waals surface area contributed by atoms with E-state index in [9.17, 15) is 4.79 Å². The van der Waals surface area contributed by atoms with Crippen LogP contribution in [-0.4, -0.2) is 41.5 Å². The van der Waals surface area contributed by atoms with Gasteiger partial charge >= 0.3 is 0 Å². The van der Waals surface area contributed by atoms with Gasteiger partial charge in [-0.2, -0.15) is 0 Å². The second-order valence-electron chi connectivity index (χ2n) is 9.49. The van der Waals surface area contributed by atoms with Crippen molar-refractivity contribution in [3.05, 3.63) is 87.8 Å². The Morgan fingerprint density at radius 1 is 1.19 bits per heavy atom. The summed E-state index contributed by atoms with van der Waals surface area (Å²) in [6.45, 7) is 5.02. The quantitative estimate of drug-likeness (QED) is 0.317. The lowest BCUT2D eigenvalue weighted by atomic mass is 9.95. The van der Waals surface area contributed by atoms with E-state index in [0.29, 0.717) is 16.5 Å². The van der Waals surface area contributed by atoms with Crippen LogP contribution in [0.25, 0.3) is 21.3 Å². The lowest BCUT2D eigenvalue weighted by Crippen LogP contribution is -2.35. The van der Waals surface area contributed by atoms with Gasteiger partial charge in [0.1, 0.15) is 10.9 Å². The number of ether oxygens (including phenoxy) is 1. The van der Waals surface area contributed by atoms with Crippen LogP contribution >= 0.6 is 22.9 Å². The number of carbonyl (C=O) groups is 1. The average molecular weight is 533 g/mol. The van der Waals surface area contributed by atoms with Gasteiger partial charge < -0.3 is 15.0 Å². The van der Waals surface area contributed by atoms with E-state index in [1.165, 1.54) is 0 Å². The zero-order valence-electron chi connectivity index (χ0n) is 21.3. The van der Waals surface area contributed by atoms with Crippen LogP contribution in [0.15, 0.2) is 60.9 Å². The number of nitrogens with one attached hydrogen (secondary N) is 1. The Bertz CT molecular complexity index is 1510. The number of rotatable bonds is 5. The van der Waals surface area contributed by atoms with Crippen LogP contribution in [0.5, 0.6) is 5.75 Å². The number of methoxy groups -OCH3 is 1. The first-order valence-electron chi connectivity index (χ1n) is 12.2. The van der Waals surface area contributed by atoms with Gasteiger partial charge in [-0.1, -0.05) is 23.7 Å². The predicted molar refractivity (Wildman–Crippen MR) is 150 cm³/mol. The number of thiazole rings is 1. The van der Waals surface area contributed by atoms with Crippen LogP contribution in [0, 0.1) is 13.8 Å². The summed E-state index contributed by atoms with van der Waals surface area (Å²) in [5.41, 5.74) is 4.01. The number of pyridine rings is 1. The molecule has 2 aromatic heterocycles. The molecule has 1 aliphatic carbocycles. The molecule has 1 fully saturated rings. The van der Waals surface area contributed by atoms with E-state index in [4.69, 9.17) is 16.3 Å². The van der Waals surface area contributed by atoms with Crippen molar-refractivity contribution in [2.24, 2.45) is 0 Å². The normalized spacial score (nSPS) is 15.0. The molecule has 0 saturated heterocycles. The molecule has 6 nitrogen and oxygen atoms in total. The van der Waals surface area contributed by atoms with Crippen molar-refractivity contribution in [2.75, 3.05) is 20.7 Å². The Labute approximate surface area is 226 Å². The molecule has 0 bridgehead atoms. The fourth-order valence-electron chi connectivity index (χ4n) is 4.45. The fraction of sp³-hybridized carbons (Fsp3) is 0.276. The number of aryl methyl sites for hydroxylation is 2. The number of likely N-dealkylation sites (N-methyl/N-ethyl adjacent to an activating group) is 1. The minimum Gasteiger partial charge on any atom is -0.497 e. The van der Waals surface area contributed by atoms with Crippen LogP contribution < -0.4 is 10.1 Å². The van der Waals surface area contributed by atoms with E-state index < -0.39 is 5.54 Å². The van der Waals surface area contributed by atoms with Crippen LogP contribution in [0.1, 0.15) is 39.3 Å². The van der Waals surface area contributed by atoms with Gasteiger partial charge in [0.25, 0.3) is 5.91 Å². The Morgan fingerprint density at radius 2 is 1.95 bits per heavy atom. The van der Waals surface area contributed by atoms with Gasteiger partial charge in [-0.3, -0.25) is 9.78 Å². The molecule has 1 aliphatic heterocycles. The lowest BCUT2D eigenvalue weighted by Gasteiger charge is -2.22. The molecular formula is C29H29ClN4O2S. The first-order valence-corrected chi connectivity index (χ1v) is 13.4. The highest BCUT2D eigenvalue weighted by Crippen LogP contribution is 2.50. The number of nitrogens with zero attached hydrogens (tertiary/aromatic N) is 3. The van der Waals surface area contributed by atoms with Crippen molar-refractivity contribution in [2.45, 2.75) is 32.2 Å². The third-order valence-electron chi connectivity index (χ3n) is 6.74. The fourth-order valence-corrected chi connectivity index (χ4v) is 5.65. The molecule has 0 spiro atoms. The molecule has 2 aliphatic rings. The van der Waals surface area contributed by atoms with Gasteiger partial charge in [-0.15, -0.1) is 11.3 Å². The molecule has 37 heavy (non-hydrogen) atoms. The number of amides is 1. The smallest absolute Gasteiger partial charge is 0.252 e. The number of aromatic nitrogens is 2. The molecule has 2 aromatic carbocycles. The predicted octanol–water partition coefficient (Wildman–Crippen LogP) is 6.50. The van der Waals surface area contributed by atoms with E-state index in [1.54, 1.807) is 30.7 Å². The maximum Gasteiger partial charge on any atom is 0.252 e. The van der Waals surface area contributed by atoms with Crippen molar-refractivity contribution in [1.29, 1.82) is 0 Å². The van der Waals surface area contributed by atoms with Gasteiger partial charge in [0.15, 0.2) is 0 Å². The summed E-state index contributed by atoms with van der Waals surface area (Å²) >= 11 is 7.98. The van der Waals surface area contributed by atoms with Crippen molar-refractivity contribution in [3.8, 4) is 16.2 Å². The third-order valence-corrected chi connectivity index (χ3v) is 8.14.